The Morgan fingerprint density at radius 3 is 2.37 bits per heavy atom. The normalized spacial score (nSPS) is 12.3. The lowest BCUT2D eigenvalue weighted by Crippen LogP contribution is -2.50. The van der Waals surface area contributed by atoms with E-state index >= 15 is 0 Å². The molecule has 0 fully saturated rings. The molecule has 3 aromatic rings. The predicted molar refractivity (Wildman–Crippen MR) is 113 cm³/mol. The fourth-order valence-corrected chi connectivity index (χ4v) is 3.06. The number of para-hydroxylation sites is 1. The van der Waals surface area contributed by atoms with E-state index < -0.39 is 29.2 Å². The average molecular weight is 408 g/mol. The standard InChI is InChI=1S/C23H25FN4O2/c1-4-23(2,3)26-21(29)20(17-12-8-9-13-18(17)24)28(16-10-6-5-7-11-16)22(30)19-14-15-25-27-19/h5-15,20H,4H2,1-3H3,(H,25,27)(H,26,29)/t20-/m1/s1. The molecule has 0 saturated heterocycles. The molecule has 1 aromatic heterocycles. The van der Waals surface area contributed by atoms with Crippen LogP contribution in [0.3, 0.4) is 0 Å². The lowest BCUT2D eigenvalue weighted by Gasteiger charge is -2.34. The van der Waals surface area contributed by atoms with Gasteiger partial charge in [-0.2, -0.15) is 5.10 Å². The third-order valence-corrected chi connectivity index (χ3v) is 5.04. The topological polar surface area (TPSA) is 78.1 Å². The Morgan fingerprint density at radius 2 is 1.77 bits per heavy atom. The summed E-state index contributed by atoms with van der Waals surface area (Å²) >= 11 is 0. The van der Waals surface area contributed by atoms with E-state index in [4.69, 9.17) is 0 Å². The molecule has 7 heteroatoms. The lowest BCUT2D eigenvalue weighted by atomic mass is 9.97. The van der Waals surface area contributed by atoms with Crippen molar-refractivity contribution in [2.75, 3.05) is 4.90 Å². The molecule has 1 heterocycles. The van der Waals surface area contributed by atoms with E-state index in [0.29, 0.717) is 12.1 Å². The van der Waals surface area contributed by atoms with Gasteiger partial charge in [0.25, 0.3) is 5.91 Å². The zero-order valence-electron chi connectivity index (χ0n) is 17.2. The number of H-pyrrole nitrogens is 1. The average Bonchev–Trinajstić information content (AvgIpc) is 3.27. The second-order valence-electron chi connectivity index (χ2n) is 7.63. The molecule has 6 nitrogen and oxygen atoms in total. The minimum atomic E-state index is -1.21. The molecular formula is C23H25FN4O2. The van der Waals surface area contributed by atoms with Gasteiger partial charge in [-0.15, -0.1) is 0 Å². The summed E-state index contributed by atoms with van der Waals surface area (Å²) in [6, 6.07) is 15.0. The first-order valence-corrected chi connectivity index (χ1v) is 9.78. The number of benzene rings is 2. The van der Waals surface area contributed by atoms with E-state index in [1.165, 1.54) is 29.3 Å². The van der Waals surface area contributed by atoms with Crippen LogP contribution >= 0.6 is 0 Å². The second kappa shape index (κ2) is 8.90. The van der Waals surface area contributed by atoms with Crippen molar-refractivity contribution in [1.82, 2.24) is 15.5 Å². The molecule has 0 saturated carbocycles. The van der Waals surface area contributed by atoms with Crippen molar-refractivity contribution in [3.8, 4) is 0 Å². The maximum absolute atomic E-state index is 14.9. The van der Waals surface area contributed by atoms with Crippen molar-refractivity contribution in [3.05, 3.63) is 83.9 Å². The van der Waals surface area contributed by atoms with Crippen LogP contribution in [-0.4, -0.2) is 27.6 Å². The molecule has 1 atom stereocenters. The number of aromatic nitrogens is 2. The Balaban J connectivity index is 2.17. The number of halogens is 1. The van der Waals surface area contributed by atoms with Gasteiger partial charge in [0.1, 0.15) is 17.6 Å². The van der Waals surface area contributed by atoms with Crippen molar-refractivity contribution in [1.29, 1.82) is 0 Å². The van der Waals surface area contributed by atoms with Crippen LogP contribution in [0.2, 0.25) is 0 Å². The highest BCUT2D eigenvalue weighted by Gasteiger charge is 2.37. The molecule has 0 spiro atoms. The molecule has 0 aliphatic rings. The summed E-state index contributed by atoms with van der Waals surface area (Å²) in [6.07, 6.45) is 2.12. The quantitative estimate of drug-likeness (QED) is 0.614. The van der Waals surface area contributed by atoms with Crippen LogP contribution in [0, 0.1) is 5.82 Å². The number of nitrogens with one attached hydrogen (secondary N) is 2. The number of anilines is 1. The Bertz CT molecular complexity index is 1000. The molecule has 30 heavy (non-hydrogen) atoms. The number of carbonyl (C=O) groups is 2. The minimum Gasteiger partial charge on any atom is -0.349 e. The molecule has 0 aliphatic carbocycles. The van der Waals surface area contributed by atoms with Crippen LogP contribution in [0.5, 0.6) is 0 Å². The van der Waals surface area contributed by atoms with Gasteiger partial charge in [0.05, 0.1) is 0 Å². The number of amides is 2. The van der Waals surface area contributed by atoms with Gasteiger partial charge in [-0.05, 0) is 44.5 Å². The molecule has 0 aliphatic heterocycles. The number of nitrogens with zero attached hydrogens (tertiary/aromatic N) is 2. The molecule has 156 valence electrons. The fraction of sp³-hybridized carbons (Fsp3) is 0.261. The van der Waals surface area contributed by atoms with E-state index in [1.54, 1.807) is 42.5 Å². The van der Waals surface area contributed by atoms with Crippen LogP contribution in [0.1, 0.15) is 49.3 Å². The van der Waals surface area contributed by atoms with Gasteiger partial charge in [-0.3, -0.25) is 19.6 Å². The Morgan fingerprint density at radius 1 is 1.10 bits per heavy atom. The summed E-state index contributed by atoms with van der Waals surface area (Å²) in [4.78, 5) is 28.2. The summed E-state index contributed by atoms with van der Waals surface area (Å²) in [6.45, 7) is 5.71. The maximum atomic E-state index is 14.9. The zero-order chi connectivity index (χ0) is 21.7. The summed E-state index contributed by atoms with van der Waals surface area (Å²) in [5.41, 5.74) is 0.246. The third kappa shape index (κ3) is 4.56. The monoisotopic (exact) mass is 408 g/mol. The number of carbonyl (C=O) groups excluding carboxylic acids is 2. The summed E-state index contributed by atoms with van der Waals surface area (Å²) in [7, 11) is 0. The SMILES string of the molecule is CCC(C)(C)NC(=O)[C@@H](c1ccccc1F)N(C(=O)c1ccn[nH]1)c1ccccc1. The van der Waals surface area contributed by atoms with Crippen molar-refractivity contribution in [3.63, 3.8) is 0 Å². The first kappa shape index (κ1) is 21.2. The van der Waals surface area contributed by atoms with Gasteiger partial charge in [-0.25, -0.2) is 4.39 Å². The molecule has 2 aromatic carbocycles. The van der Waals surface area contributed by atoms with Crippen LogP contribution in [0.4, 0.5) is 10.1 Å². The first-order valence-electron chi connectivity index (χ1n) is 9.78. The lowest BCUT2D eigenvalue weighted by molar-refractivity contribution is -0.124. The number of hydrogen-bond donors (Lipinski definition) is 2. The highest BCUT2D eigenvalue weighted by atomic mass is 19.1. The van der Waals surface area contributed by atoms with Gasteiger partial charge in [0.15, 0.2) is 0 Å². The van der Waals surface area contributed by atoms with Crippen LogP contribution < -0.4 is 10.2 Å². The molecular weight excluding hydrogens is 383 g/mol. The molecule has 2 N–H and O–H groups in total. The van der Waals surface area contributed by atoms with Crippen LogP contribution in [0.25, 0.3) is 0 Å². The van der Waals surface area contributed by atoms with E-state index in [0.717, 1.165) is 0 Å². The van der Waals surface area contributed by atoms with Crippen molar-refractivity contribution >= 4 is 17.5 Å². The Kier molecular flexibility index (Phi) is 6.30. The van der Waals surface area contributed by atoms with Gasteiger partial charge >= 0.3 is 0 Å². The van der Waals surface area contributed by atoms with Gasteiger partial charge < -0.3 is 5.32 Å². The molecule has 0 bridgehead atoms. The van der Waals surface area contributed by atoms with Gasteiger partial charge in [0, 0.05) is 23.0 Å². The molecule has 2 amide bonds. The van der Waals surface area contributed by atoms with Gasteiger partial charge in [-0.1, -0.05) is 43.3 Å². The van der Waals surface area contributed by atoms with Gasteiger partial charge in [0.2, 0.25) is 5.91 Å². The molecule has 0 radical (unpaired) electrons. The van der Waals surface area contributed by atoms with E-state index in [2.05, 4.69) is 15.5 Å². The summed E-state index contributed by atoms with van der Waals surface area (Å²) in [5.74, 6) is -1.52. The van der Waals surface area contributed by atoms with Crippen molar-refractivity contribution in [2.45, 2.75) is 38.8 Å². The first-order chi connectivity index (χ1) is 14.3. The summed E-state index contributed by atoms with van der Waals surface area (Å²) in [5, 5.41) is 9.44. The second-order valence-corrected chi connectivity index (χ2v) is 7.63. The number of rotatable bonds is 7. The third-order valence-electron chi connectivity index (χ3n) is 5.04. The number of hydrogen-bond acceptors (Lipinski definition) is 3. The highest BCUT2D eigenvalue weighted by molar-refractivity contribution is 6.09. The predicted octanol–water partition coefficient (Wildman–Crippen LogP) is 4.24. The minimum absolute atomic E-state index is 0.110. The highest BCUT2D eigenvalue weighted by Crippen LogP contribution is 2.31. The summed E-state index contributed by atoms with van der Waals surface area (Å²) < 4.78 is 14.9. The van der Waals surface area contributed by atoms with Crippen molar-refractivity contribution < 1.29 is 14.0 Å². The van der Waals surface area contributed by atoms with E-state index in [-0.39, 0.29) is 11.3 Å². The van der Waals surface area contributed by atoms with Crippen LogP contribution in [-0.2, 0) is 4.79 Å². The Labute approximate surface area is 175 Å². The maximum Gasteiger partial charge on any atom is 0.277 e. The Hall–Kier alpha value is -3.48. The number of aromatic amines is 1. The molecule has 3 rings (SSSR count). The zero-order valence-corrected chi connectivity index (χ0v) is 17.2. The van der Waals surface area contributed by atoms with E-state index in [1.807, 2.05) is 20.8 Å². The van der Waals surface area contributed by atoms with Crippen molar-refractivity contribution in [2.24, 2.45) is 0 Å². The largest absolute Gasteiger partial charge is 0.349 e. The van der Waals surface area contributed by atoms with Crippen LogP contribution in [0.15, 0.2) is 66.9 Å². The fourth-order valence-electron chi connectivity index (χ4n) is 3.06. The molecule has 0 unspecified atom stereocenters. The van der Waals surface area contributed by atoms with E-state index in [9.17, 15) is 14.0 Å². The smallest absolute Gasteiger partial charge is 0.277 e.